The first-order valence-electron chi connectivity index (χ1n) is 7.42. The molecule has 3 nitrogen and oxygen atoms in total. The summed E-state index contributed by atoms with van der Waals surface area (Å²) in [6.07, 6.45) is 4.58. The van der Waals surface area contributed by atoms with E-state index in [1.165, 1.54) is 0 Å². The number of methoxy groups -OCH3 is 1. The van der Waals surface area contributed by atoms with Gasteiger partial charge in [-0.05, 0) is 56.0 Å². The fourth-order valence-electron chi connectivity index (χ4n) is 2.73. The van der Waals surface area contributed by atoms with Crippen LogP contribution in [-0.2, 0) is 11.2 Å². The van der Waals surface area contributed by atoms with Crippen molar-refractivity contribution in [3.8, 4) is 5.75 Å². The number of halogens is 1. The van der Waals surface area contributed by atoms with Gasteiger partial charge in [0.1, 0.15) is 5.75 Å². The highest BCUT2D eigenvalue weighted by Crippen LogP contribution is 2.26. The van der Waals surface area contributed by atoms with Gasteiger partial charge in [-0.15, -0.1) is 0 Å². The zero-order valence-corrected chi connectivity index (χ0v) is 13.1. The van der Waals surface area contributed by atoms with Gasteiger partial charge in [-0.25, -0.2) is 0 Å². The summed E-state index contributed by atoms with van der Waals surface area (Å²) in [5, 5.41) is 4.36. The van der Waals surface area contributed by atoms with Gasteiger partial charge in [-0.2, -0.15) is 0 Å². The first kappa shape index (κ1) is 15.6. The van der Waals surface area contributed by atoms with E-state index in [1.807, 2.05) is 18.2 Å². The molecule has 1 aliphatic rings. The Bertz CT molecular complexity index is 419. The van der Waals surface area contributed by atoms with Crippen LogP contribution in [0, 0.1) is 0 Å². The summed E-state index contributed by atoms with van der Waals surface area (Å²) in [4.78, 5) is 0. The summed E-state index contributed by atoms with van der Waals surface area (Å²) in [6, 6.07) is 6.12. The normalized spacial score (nSPS) is 20.1. The molecule has 1 heterocycles. The van der Waals surface area contributed by atoms with Gasteiger partial charge in [-0.3, -0.25) is 0 Å². The summed E-state index contributed by atoms with van der Waals surface area (Å²) in [5.74, 6) is 0.899. The Morgan fingerprint density at radius 3 is 3.00 bits per heavy atom. The van der Waals surface area contributed by atoms with Crippen molar-refractivity contribution in [3.05, 3.63) is 28.8 Å². The molecule has 0 amide bonds. The van der Waals surface area contributed by atoms with Gasteiger partial charge in [0.25, 0.3) is 0 Å². The Hall–Kier alpha value is -0.770. The Morgan fingerprint density at radius 1 is 1.50 bits per heavy atom. The molecule has 1 saturated heterocycles. The predicted molar refractivity (Wildman–Crippen MR) is 82.8 cm³/mol. The van der Waals surface area contributed by atoms with Crippen molar-refractivity contribution in [2.75, 3.05) is 20.3 Å². The maximum absolute atomic E-state index is 6.11. The van der Waals surface area contributed by atoms with Gasteiger partial charge in [0.05, 0.1) is 13.2 Å². The summed E-state index contributed by atoms with van der Waals surface area (Å²) < 4.78 is 11.3. The second-order valence-electron chi connectivity index (χ2n) is 5.27. The topological polar surface area (TPSA) is 30.5 Å². The molecule has 2 rings (SSSR count). The molecule has 0 aromatic heterocycles. The molecular formula is C16H24ClNO2. The number of benzene rings is 1. The minimum absolute atomic E-state index is 0.297. The first-order chi connectivity index (χ1) is 9.74. The van der Waals surface area contributed by atoms with Gasteiger partial charge >= 0.3 is 0 Å². The molecule has 0 bridgehead atoms. The van der Waals surface area contributed by atoms with Crippen molar-refractivity contribution in [2.24, 2.45) is 0 Å². The third-order valence-electron chi connectivity index (χ3n) is 3.75. The van der Waals surface area contributed by atoms with Crippen molar-refractivity contribution in [1.29, 1.82) is 0 Å². The van der Waals surface area contributed by atoms with Crippen LogP contribution in [0.4, 0.5) is 0 Å². The van der Waals surface area contributed by atoms with Crippen LogP contribution >= 0.6 is 11.6 Å². The minimum Gasteiger partial charge on any atom is -0.496 e. The van der Waals surface area contributed by atoms with Crippen molar-refractivity contribution in [2.45, 2.75) is 44.8 Å². The number of ether oxygens (including phenoxy) is 2. The van der Waals surface area contributed by atoms with Crippen LogP contribution in [0.1, 0.15) is 31.7 Å². The van der Waals surface area contributed by atoms with Crippen molar-refractivity contribution in [1.82, 2.24) is 5.32 Å². The Kier molecular flexibility index (Phi) is 6.14. The largest absolute Gasteiger partial charge is 0.496 e. The molecular weight excluding hydrogens is 274 g/mol. The van der Waals surface area contributed by atoms with E-state index in [-0.39, 0.29) is 0 Å². The van der Waals surface area contributed by atoms with E-state index in [0.717, 1.165) is 55.2 Å². The fraction of sp³-hybridized carbons (Fsp3) is 0.625. The summed E-state index contributed by atoms with van der Waals surface area (Å²) in [6.45, 7) is 4.06. The van der Waals surface area contributed by atoms with Crippen molar-refractivity contribution < 1.29 is 9.47 Å². The van der Waals surface area contributed by atoms with Crippen molar-refractivity contribution in [3.63, 3.8) is 0 Å². The number of rotatable bonds is 7. The molecule has 1 fully saturated rings. The molecule has 20 heavy (non-hydrogen) atoms. The lowest BCUT2D eigenvalue weighted by molar-refractivity contribution is 0.0782. The molecule has 2 atom stereocenters. The van der Waals surface area contributed by atoms with Crippen LogP contribution in [0.25, 0.3) is 0 Å². The number of nitrogens with one attached hydrogen (secondary N) is 1. The predicted octanol–water partition coefficient (Wildman–Crippen LogP) is 3.44. The van der Waals surface area contributed by atoms with E-state index in [4.69, 9.17) is 21.1 Å². The lowest BCUT2D eigenvalue weighted by Crippen LogP contribution is -2.41. The summed E-state index contributed by atoms with van der Waals surface area (Å²) in [5.41, 5.74) is 1.14. The third-order valence-corrected chi connectivity index (χ3v) is 3.99. The molecule has 1 aliphatic heterocycles. The first-order valence-corrected chi connectivity index (χ1v) is 7.79. The van der Waals surface area contributed by atoms with E-state index in [0.29, 0.717) is 12.1 Å². The number of hydrogen-bond donors (Lipinski definition) is 1. The van der Waals surface area contributed by atoms with E-state index in [9.17, 15) is 0 Å². The highest BCUT2D eigenvalue weighted by atomic mass is 35.5. The molecule has 0 radical (unpaired) electrons. The van der Waals surface area contributed by atoms with E-state index in [2.05, 4.69) is 12.2 Å². The molecule has 0 aliphatic carbocycles. The van der Waals surface area contributed by atoms with Crippen molar-refractivity contribution >= 4 is 11.6 Å². The molecule has 1 N–H and O–H groups in total. The standard InChI is InChI=1S/C16H24ClNO2/c1-3-8-18-14(16-5-4-9-20-16)11-12-10-13(17)6-7-15(12)19-2/h6-7,10,14,16,18H,3-5,8-9,11H2,1-2H3. The van der Waals surface area contributed by atoms with Gasteiger partial charge in [0.2, 0.25) is 0 Å². The maximum atomic E-state index is 6.11. The van der Waals surface area contributed by atoms with Crippen LogP contribution in [-0.4, -0.2) is 32.4 Å². The Morgan fingerprint density at radius 2 is 2.35 bits per heavy atom. The average molecular weight is 298 g/mol. The average Bonchev–Trinajstić information content (AvgIpc) is 2.97. The lowest BCUT2D eigenvalue weighted by Gasteiger charge is -2.25. The minimum atomic E-state index is 0.297. The Balaban J connectivity index is 2.11. The van der Waals surface area contributed by atoms with E-state index < -0.39 is 0 Å². The highest BCUT2D eigenvalue weighted by Gasteiger charge is 2.26. The molecule has 112 valence electrons. The van der Waals surface area contributed by atoms with Gasteiger partial charge < -0.3 is 14.8 Å². The summed E-state index contributed by atoms with van der Waals surface area (Å²) in [7, 11) is 1.70. The molecule has 0 saturated carbocycles. The van der Waals surface area contributed by atoms with Gasteiger partial charge in [0.15, 0.2) is 0 Å². The number of hydrogen-bond acceptors (Lipinski definition) is 3. The lowest BCUT2D eigenvalue weighted by atomic mass is 9.98. The van der Waals surface area contributed by atoms with Crippen LogP contribution in [0.5, 0.6) is 5.75 Å². The molecule has 1 aromatic rings. The Labute approximate surface area is 126 Å². The second kappa shape index (κ2) is 7.87. The van der Waals surface area contributed by atoms with E-state index >= 15 is 0 Å². The fourth-order valence-corrected chi connectivity index (χ4v) is 2.92. The SMILES string of the molecule is CCCNC(Cc1cc(Cl)ccc1OC)C1CCCO1. The quantitative estimate of drug-likeness (QED) is 0.836. The molecule has 4 heteroatoms. The van der Waals surface area contributed by atoms with Crippen LogP contribution in [0.3, 0.4) is 0 Å². The molecule has 2 unspecified atom stereocenters. The second-order valence-corrected chi connectivity index (χ2v) is 5.71. The third kappa shape index (κ3) is 4.11. The monoisotopic (exact) mass is 297 g/mol. The van der Waals surface area contributed by atoms with Crippen LogP contribution in [0.2, 0.25) is 5.02 Å². The molecule has 0 spiro atoms. The zero-order valence-electron chi connectivity index (χ0n) is 12.3. The molecule has 1 aromatic carbocycles. The maximum Gasteiger partial charge on any atom is 0.122 e. The van der Waals surface area contributed by atoms with E-state index in [1.54, 1.807) is 7.11 Å². The van der Waals surface area contributed by atoms with Gasteiger partial charge in [-0.1, -0.05) is 18.5 Å². The zero-order chi connectivity index (χ0) is 14.4. The van der Waals surface area contributed by atoms with Crippen LogP contribution < -0.4 is 10.1 Å². The smallest absolute Gasteiger partial charge is 0.122 e. The summed E-state index contributed by atoms with van der Waals surface area (Å²) >= 11 is 6.11. The van der Waals surface area contributed by atoms with Gasteiger partial charge in [0, 0.05) is 17.7 Å². The van der Waals surface area contributed by atoms with Crippen LogP contribution in [0.15, 0.2) is 18.2 Å². The highest BCUT2D eigenvalue weighted by molar-refractivity contribution is 6.30.